The van der Waals surface area contributed by atoms with Crippen LogP contribution in [-0.4, -0.2) is 39.4 Å². The van der Waals surface area contributed by atoms with Crippen LogP contribution in [0.15, 0.2) is 54.6 Å². The Bertz CT molecular complexity index is 873. The van der Waals surface area contributed by atoms with E-state index < -0.39 is 0 Å². The van der Waals surface area contributed by atoms with Gasteiger partial charge in [0.25, 0.3) is 0 Å². The van der Waals surface area contributed by atoms with Gasteiger partial charge in [-0.15, -0.1) is 10.2 Å². The predicted octanol–water partition coefficient (Wildman–Crippen LogP) is 3.62. The van der Waals surface area contributed by atoms with E-state index in [-0.39, 0.29) is 6.10 Å². The molecule has 3 aromatic rings. The maximum atomic E-state index is 6.03. The van der Waals surface area contributed by atoms with E-state index in [1.54, 1.807) is 0 Å². The van der Waals surface area contributed by atoms with E-state index in [0.717, 1.165) is 49.9 Å². The first-order chi connectivity index (χ1) is 13.2. The minimum absolute atomic E-state index is 0.117. The predicted molar refractivity (Wildman–Crippen MR) is 106 cm³/mol. The van der Waals surface area contributed by atoms with Gasteiger partial charge in [-0.05, 0) is 17.5 Å². The third kappa shape index (κ3) is 3.94. The number of aryl methyl sites for hydroxylation is 1. The average molecular weight is 362 g/mol. The second-order valence-corrected chi connectivity index (χ2v) is 7.05. The molecule has 4 rings (SSSR count). The van der Waals surface area contributed by atoms with Gasteiger partial charge in [0.1, 0.15) is 5.82 Å². The maximum Gasteiger partial charge on any atom is 0.163 e. The van der Waals surface area contributed by atoms with Gasteiger partial charge in [-0.2, -0.15) is 0 Å². The number of aromatic nitrogens is 3. The Labute approximate surface area is 160 Å². The van der Waals surface area contributed by atoms with Gasteiger partial charge in [-0.25, -0.2) is 0 Å². The van der Waals surface area contributed by atoms with Crippen molar-refractivity contribution in [3.8, 4) is 11.4 Å². The Hall–Kier alpha value is -2.50. The number of rotatable bonds is 5. The summed E-state index contributed by atoms with van der Waals surface area (Å²) in [5.41, 5.74) is 3.70. The molecule has 2 heterocycles. The zero-order chi connectivity index (χ0) is 18.6. The Morgan fingerprint density at radius 3 is 2.56 bits per heavy atom. The molecule has 1 aliphatic heterocycles. The molecule has 1 saturated heterocycles. The van der Waals surface area contributed by atoms with Crippen molar-refractivity contribution in [1.29, 1.82) is 0 Å². The van der Waals surface area contributed by atoms with Crippen LogP contribution in [0.1, 0.15) is 30.0 Å². The molecule has 0 radical (unpaired) electrons. The fourth-order valence-electron chi connectivity index (χ4n) is 3.55. The standard InChI is InChI=1S/C22H26N4O/c1-3-17-9-11-18(12-10-17)20-15-26(13-14-27-20)16-21-23-24-22(25(21)2)19-7-5-4-6-8-19/h4-12,20H,3,13-16H2,1-2H3. The Morgan fingerprint density at radius 2 is 1.81 bits per heavy atom. The Balaban J connectivity index is 1.46. The first-order valence-corrected chi connectivity index (χ1v) is 9.61. The van der Waals surface area contributed by atoms with Crippen LogP contribution in [0, 0.1) is 0 Å². The van der Waals surface area contributed by atoms with E-state index in [1.807, 2.05) is 25.2 Å². The third-order valence-corrected chi connectivity index (χ3v) is 5.27. The summed E-state index contributed by atoms with van der Waals surface area (Å²) in [4.78, 5) is 2.40. The molecule has 0 aliphatic carbocycles. The smallest absolute Gasteiger partial charge is 0.163 e. The molecular weight excluding hydrogens is 336 g/mol. The number of nitrogens with zero attached hydrogens (tertiary/aromatic N) is 4. The van der Waals surface area contributed by atoms with Crippen LogP contribution in [0.4, 0.5) is 0 Å². The molecule has 1 atom stereocenters. The minimum Gasteiger partial charge on any atom is -0.371 e. The van der Waals surface area contributed by atoms with Gasteiger partial charge in [0.05, 0.1) is 19.3 Å². The molecule has 0 spiro atoms. The molecule has 0 N–H and O–H groups in total. The molecule has 1 unspecified atom stereocenters. The second-order valence-electron chi connectivity index (χ2n) is 7.05. The van der Waals surface area contributed by atoms with Crippen LogP contribution in [0.3, 0.4) is 0 Å². The number of hydrogen-bond acceptors (Lipinski definition) is 4. The monoisotopic (exact) mass is 362 g/mol. The van der Waals surface area contributed by atoms with Gasteiger partial charge in [-0.1, -0.05) is 61.5 Å². The topological polar surface area (TPSA) is 43.2 Å². The normalized spacial score (nSPS) is 17.9. The van der Waals surface area contributed by atoms with Crippen molar-refractivity contribution in [1.82, 2.24) is 19.7 Å². The van der Waals surface area contributed by atoms with Crippen molar-refractivity contribution in [2.75, 3.05) is 19.7 Å². The van der Waals surface area contributed by atoms with Gasteiger partial charge in [-0.3, -0.25) is 4.90 Å². The van der Waals surface area contributed by atoms with Crippen molar-refractivity contribution >= 4 is 0 Å². The molecule has 1 aliphatic rings. The molecule has 0 bridgehead atoms. The molecule has 27 heavy (non-hydrogen) atoms. The summed E-state index contributed by atoms with van der Waals surface area (Å²) >= 11 is 0. The van der Waals surface area contributed by atoms with Gasteiger partial charge in [0.15, 0.2) is 5.82 Å². The largest absolute Gasteiger partial charge is 0.371 e. The molecule has 5 nitrogen and oxygen atoms in total. The quantitative estimate of drug-likeness (QED) is 0.695. The molecule has 5 heteroatoms. The van der Waals surface area contributed by atoms with Crippen molar-refractivity contribution in [2.45, 2.75) is 26.0 Å². The van der Waals surface area contributed by atoms with Crippen LogP contribution in [0.5, 0.6) is 0 Å². The number of morpholine rings is 1. The second kappa shape index (κ2) is 8.03. The fraction of sp³-hybridized carbons (Fsp3) is 0.364. The molecular formula is C22H26N4O. The fourth-order valence-corrected chi connectivity index (χ4v) is 3.55. The lowest BCUT2D eigenvalue weighted by Crippen LogP contribution is -2.38. The van der Waals surface area contributed by atoms with Crippen LogP contribution in [-0.2, 0) is 24.8 Å². The lowest BCUT2D eigenvalue weighted by molar-refractivity contribution is -0.0339. The van der Waals surface area contributed by atoms with Gasteiger partial charge in [0.2, 0.25) is 0 Å². The summed E-state index contributed by atoms with van der Waals surface area (Å²) in [5, 5.41) is 8.84. The summed E-state index contributed by atoms with van der Waals surface area (Å²) in [6.45, 7) is 5.49. The third-order valence-electron chi connectivity index (χ3n) is 5.27. The summed E-state index contributed by atoms with van der Waals surface area (Å²) in [7, 11) is 2.04. The first kappa shape index (κ1) is 17.9. The molecule has 1 aromatic heterocycles. The molecule has 0 amide bonds. The van der Waals surface area contributed by atoms with Crippen LogP contribution in [0.25, 0.3) is 11.4 Å². The van der Waals surface area contributed by atoms with E-state index in [0.29, 0.717) is 0 Å². The zero-order valence-electron chi connectivity index (χ0n) is 16.0. The first-order valence-electron chi connectivity index (χ1n) is 9.61. The van der Waals surface area contributed by atoms with Crippen LogP contribution >= 0.6 is 0 Å². The van der Waals surface area contributed by atoms with E-state index >= 15 is 0 Å². The van der Waals surface area contributed by atoms with Gasteiger partial charge < -0.3 is 9.30 Å². The Kier molecular flexibility index (Phi) is 5.32. The van der Waals surface area contributed by atoms with E-state index in [4.69, 9.17) is 4.74 Å². The van der Waals surface area contributed by atoms with Gasteiger partial charge in [0, 0.05) is 25.7 Å². The van der Waals surface area contributed by atoms with Crippen LogP contribution < -0.4 is 0 Å². The van der Waals surface area contributed by atoms with Crippen LogP contribution in [0.2, 0.25) is 0 Å². The van der Waals surface area contributed by atoms with Gasteiger partial charge >= 0.3 is 0 Å². The van der Waals surface area contributed by atoms with E-state index in [2.05, 4.69) is 63.0 Å². The van der Waals surface area contributed by atoms with Crippen molar-refractivity contribution < 1.29 is 4.74 Å². The molecule has 140 valence electrons. The highest BCUT2D eigenvalue weighted by Gasteiger charge is 2.23. The van der Waals surface area contributed by atoms with Crippen molar-refractivity contribution in [3.05, 3.63) is 71.5 Å². The summed E-state index contributed by atoms with van der Waals surface area (Å²) < 4.78 is 8.12. The lowest BCUT2D eigenvalue weighted by atomic mass is 10.0. The maximum absolute atomic E-state index is 6.03. The average Bonchev–Trinajstić information content (AvgIpc) is 3.09. The highest BCUT2D eigenvalue weighted by molar-refractivity contribution is 5.54. The number of hydrogen-bond donors (Lipinski definition) is 0. The van der Waals surface area contributed by atoms with E-state index in [9.17, 15) is 0 Å². The zero-order valence-corrected chi connectivity index (χ0v) is 16.0. The summed E-state index contributed by atoms with van der Waals surface area (Å²) in [6.07, 6.45) is 1.18. The summed E-state index contributed by atoms with van der Waals surface area (Å²) in [6, 6.07) is 19.0. The Morgan fingerprint density at radius 1 is 1.04 bits per heavy atom. The summed E-state index contributed by atoms with van der Waals surface area (Å²) in [5.74, 6) is 1.89. The minimum atomic E-state index is 0.117. The van der Waals surface area contributed by atoms with E-state index in [1.165, 1.54) is 11.1 Å². The highest BCUT2D eigenvalue weighted by Crippen LogP contribution is 2.24. The molecule has 1 fully saturated rings. The molecule has 2 aromatic carbocycles. The number of ether oxygens (including phenoxy) is 1. The van der Waals surface area contributed by atoms with Crippen molar-refractivity contribution in [2.24, 2.45) is 7.05 Å². The number of benzene rings is 2. The SMILES string of the molecule is CCc1ccc(C2CN(Cc3nnc(-c4ccccc4)n3C)CCO2)cc1. The molecule has 0 saturated carbocycles. The lowest BCUT2D eigenvalue weighted by Gasteiger charge is -2.32. The van der Waals surface area contributed by atoms with Crippen molar-refractivity contribution in [3.63, 3.8) is 0 Å². The highest BCUT2D eigenvalue weighted by atomic mass is 16.5.